The lowest BCUT2D eigenvalue weighted by atomic mass is 9.98. The SMILES string of the molecule is C=CC(=O)Nc1cc(OC)cc(-c2cnc3c(c2)c(-c2ccnc(C#N)c2)cn3COC(=O)C(C)(C)C)c1. The molecule has 0 radical (unpaired) electrons. The number of rotatable bonds is 7. The fraction of sp³-hybridized carbons (Fsp3) is 0.207. The van der Waals surface area contributed by atoms with E-state index in [0.717, 1.165) is 27.6 Å². The second kappa shape index (κ2) is 10.6. The summed E-state index contributed by atoms with van der Waals surface area (Å²) in [5, 5.41) is 12.9. The van der Waals surface area contributed by atoms with Gasteiger partial charge in [-0.3, -0.25) is 14.2 Å². The maximum Gasteiger partial charge on any atom is 0.312 e. The van der Waals surface area contributed by atoms with E-state index in [2.05, 4.69) is 22.9 Å². The number of hydrogen-bond acceptors (Lipinski definition) is 7. The molecule has 0 aliphatic heterocycles. The molecule has 0 bridgehead atoms. The van der Waals surface area contributed by atoms with Crippen LogP contribution in [0.1, 0.15) is 26.5 Å². The first-order valence-corrected chi connectivity index (χ1v) is 11.8. The molecule has 4 aromatic rings. The molecule has 0 atom stereocenters. The Hall–Kier alpha value is -4.97. The number of methoxy groups -OCH3 is 1. The summed E-state index contributed by atoms with van der Waals surface area (Å²) in [5.74, 6) is -0.117. The van der Waals surface area contributed by atoms with Gasteiger partial charge >= 0.3 is 5.97 Å². The number of esters is 1. The summed E-state index contributed by atoms with van der Waals surface area (Å²) in [6.45, 7) is 8.85. The van der Waals surface area contributed by atoms with Crippen molar-refractivity contribution >= 4 is 28.6 Å². The minimum absolute atomic E-state index is 0.0218. The predicted molar refractivity (Wildman–Crippen MR) is 144 cm³/mol. The van der Waals surface area contributed by atoms with Gasteiger partial charge in [-0.1, -0.05) is 6.58 Å². The van der Waals surface area contributed by atoms with Gasteiger partial charge in [-0.25, -0.2) is 9.97 Å². The van der Waals surface area contributed by atoms with Crippen molar-refractivity contribution in [2.24, 2.45) is 5.41 Å². The van der Waals surface area contributed by atoms with Gasteiger partial charge in [0.1, 0.15) is 23.2 Å². The summed E-state index contributed by atoms with van der Waals surface area (Å²) in [6.07, 6.45) is 6.31. The quantitative estimate of drug-likeness (QED) is 0.265. The maximum atomic E-state index is 12.4. The lowest BCUT2D eigenvalue weighted by Crippen LogP contribution is -2.23. The topological polar surface area (TPSA) is 119 Å². The first-order chi connectivity index (χ1) is 18.1. The van der Waals surface area contributed by atoms with Crippen molar-refractivity contribution in [1.29, 1.82) is 5.26 Å². The van der Waals surface area contributed by atoms with Gasteiger partial charge in [0.15, 0.2) is 6.73 Å². The van der Waals surface area contributed by atoms with Gasteiger partial charge in [-0.15, -0.1) is 0 Å². The predicted octanol–water partition coefficient (Wildman–Crippen LogP) is 5.32. The molecule has 1 N–H and O–H groups in total. The van der Waals surface area contributed by atoms with Gasteiger partial charge in [0.25, 0.3) is 0 Å². The summed E-state index contributed by atoms with van der Waals surface area (Å²) in [7, 11) is 1.55. The minimum atomic E-state index is -0.649. The van der Waals surface area contributed by atoms with E-state index >= 15 is 0 Å². The van der Waals surface area contributed by atoms with Crippen molar-refractivity contribution in [1.82, 2.24) is 14.5 Å². The Balaban J connectivity index is 1.85. The zero-order chi connectivity index (χ0) is 27.4. The minimum Gasteiger partial charge on any atom is -0.497 e. The molecule has 0 fully saturated rings. The van der Waals surface area contributed by atoms with Crippen molar-refractivity contribution in [3.63, 3.8) is 0 Å². The van der Waals surface area contributed by atoms with Crippen LogP contribution in [0.25, 0.3) is 33.3 Å². The first-order valence-electron chi connectivity index (χ1n) is 11.8. The third-order valence-electron chi connectivity index (χ3n) is 5.77. The third-order valence-corrected chi connectivity index (χ3v) is 5.77. The number of benzene rings is 1. The molecule has 9 heteroatoms. The molecule has 0 unspecified atom stereocenters. The van der Waals surface area contributed by atoms with Crippen LogP contribution in [0.3, 0.4) is 0 Å². The van der Waals surface area contributed by atoms with Crippen LogP contribution in [0.4, 0.5) is 5.69 Å². The van der Waals surface area contributed by atoms with E-state index in [0.29, 0.717) is 17.1 Å². The van der Waals surface area contributed by atoms with Crippen LogP contribution in [-0.2, 0) is 21.1 Å². The summed E-state index contributed by atoms with van der Waals surface area (Å²) < 4.78 is 12.8. The highest BCUT2D eigenvalue weighted by Crippen LogP contribution is 2.35. The van der Waals surface area contributed by atoms with E-state index in [4.69, 9.17) is 14.5 Å². The highest BCUT2D eigenvalue weighted by atomic mass is 16.5. The molecule has 9 nitrogen and oxygen atoms in total. The van der Waals surface area contributed by atoms with Crippen molar-refractivity contribution in [3.05, 3.63) is 73.3 Å². The Morgan fingerprint density at radius 1 is 1.13 bits per heavy atom. The number of carbonyl (C=O) groups excluding carboxylic acids is 2. The third kappa shape index (κ3) is 5.55. The number of pyridine rings is 2. The number of ether oxygens (including phenoxy) is 2. The number of fused-ring (bicyclic) bond motifs is 1. The summed E-state index contributed by atoms with van der Waals surface area (Å²) in [6, 6.07) is 12.9. The normalized spacial score (nSPS) is 11.0. The second-order valence-electron chi connectivity index (χ2n) is 9.60. The average molecular weight is 510 g/mol. The fourth-order valence-electron chi connectivity index (χ4n) is 3.81. The molecule has 0 spiro atoms. The van der Waals surface area contributed by atoms with Crippen LogP contribution in [0.2, 0.25) is 0 Å². The number of carbonyl (C=O) groups is 2. The van der Waals surface area contributed by atoms with Crippen molar-refractivity contribution in [2.75, 3.05) is 12.4 Å². The molecule has 3 heterocycles. The standard InChI is InChI=1S/C29H27N5O4/c1-6-26(35)33-21-10-19(11-23(13-21)37-5)20-12-24-25(18-7-8-31-22(9-18)14-30)16-34(27(24)32-15-20)17-38-28(36)29(2,3)4/h6-13,15-16H,1,17H2,2-5H3,(H,33,35). The van der Waals surface area contributed by atoms with Crippen LogP contribution >= 0.6 is 0 Å². The second-order valence-corrected chi connectivity index (χ2v) is 9.60. The molecule has 0 saturated carbocycles. The maximum absolute atomic E-state index is 12.4. The van der Waals surface area contributed by atoms with Crippen LogP contribution in [0.5, 0.6) is 5.75 Å². The number of anilines is 1. The molecule has 1 amide bonds. The van der Waals surface area contributed by atoms with Crippen molar-refractivity contribution in [2.45, 2.75) is 27.5 Å². The van der Waals surface area contributed by atoms with Gasteiger partial charge in [-0.2, -0.15) is 5.26 Å². The lowest BCUT2D eigenvalue weighted by Gasteiger charge is -2.17. The Morgan fingerprint density at radius 2 is 1.92 bits per heavy atom. The molecule has 1 aromatic carbocycles. The summed E-state index contributed by atoms with van der Waals surface area (Å²) in [4.78, 5) is 33.1. The van der Waals surface area contributed by atoms with Gasteiger partial charge in [0.2, 0.25) is 5.91 Å². The molecule has 0 aliphatic carbocycles. The van der Waals surface area contributed by atoms with Gasteiger partial charge in [-0.05, 0) is 68.3 Å². The highest BCUT2D eigenvalue weighted by molar-refractivity contribution is 6.00. The number of aromatic nitrogens is 3. The zero-order valence-corrected chi connectivity index (χ0v) is 21.6. The van der Waals surface area contributed by atoms with Crippen LogP contribution in [0.15, 0.2) is 67.6 Å². The van der Waals surface area contributed by atoms with E-state index < -0.39 is 5.41 Å². The average Bonchev–Trinajstić information content (AvgIpc) is 3.28. The number of amides is 1. The molecular weight excluding hydrogens is 482 g/mol. The smallest absolute Gasteiger partial charge is 0.312 e. The Labute approximate surface area is 220 Å². The number of nitriles is 1. The number of nitrogens with zero attached hydrogens (tertiary/aromatic N) is 4. The van der Waals surface area contributed by atoms with Gasteiger partial charge in [0, 0.05) is 46.9 Å². The molecule has 192 valence electrons. The highest BCUT2D eigenvalue weighted by Gasteiger charge is 2.24. The van der Waals surface area contributed by atoms with E-state index in [1.165, 1.54) is 6.08 Å². The van der Waals surface area contributed by atoms with E-state index in [1.54, 1.807) is 57.0 Å². The van der Waals surface area contributed by atoms with Crippen LogP contribution in [-0.4, -0.2) is 33.5 Å². The summed E-state index contributed by atoms with van der Waals surface area (Å²) in [5.41, 5.74) is 3.88. The number of hydrogen-bond donors (Lipinski definition) is 1. The molecular formula is C29H27N5O4. The van der Waals surface area contributed by atoms with E-state index in [-0.39, 0.29) is 24.3 Å². The van der Waals surface area contributed by atoms with Crippen molar-refractivity contribution in [3.8, 4) is 34.1 Å². The fourth-order valence-corrected chi connectivity index (χ4v) is 3.81. The molecule has 3 aromatic heterocycles. The Kier molecular flexibility index (Phi) is 7.26. The largest absolute Gasteiger partial charge is 0.497 e. The first kappa shape index (κ1) is 26.1. The lowest BCUT2D eigenvalue weighted by molar-refractivity contribution is -0.156. The summed E-state index contributed by atoms with van der Waals surface area (Å²) >= 11 is 0. The Morgan fingerprint density at radius 3 is 2.61 bits per heavy atom. The van der Waals surface area contributed by atoms with Crippen LogP contribution < -0.4 is 10.1 Å². The Bertz CT molecular complexity index is 1590. The zero-order valence-electron chi connectivity index (χ0n) is 21.6. The van der Waals surface area contributed by atoms with Crippen molar-refractivity contribution < 1.29 is 19.1 Å². The molecule has 38 heavy (non-hydrogen) atoms. The van der Waals surface area contributed by atoms with E-state index in [1.807, 2.05) is 30.5 Å². The molecule has 0 saturated heterocycles. The van der Waals surface area contributed by atoms with Gasteiger partial charge < -0.3 is 14.8 Å². The molecule has 0 aliphatic rings. The van der Waals surface area contributed by atoms with Gasteiger partial charge in [0.05, 0.1) is 12.5 Å². The molecule has 4 rings (SSSR count). The monoisotopic (exact) mass is 509 g/mol. The van der Waals surface area contributed by atoms with E-state index in [9.17, 15) is 14.9 Å². The van der Waals surface area contributed by atoms with Crippen LogP contribution in [0, 0.1) is 16.7 Å². The number of nitrogens with one attached hydrogen (secondary N) is 1.